The Hall–Kier alpha value is -2.26. The van der Waals surface area contributed by atoms with E-state index in [-0.39, 0.29) is 6.61 Å². The molecule has 0 spiro atoms. The maximum atomic E-state index is 9.69. The Bertz CT molecular complexity index is 775. The molecule has 0 bridgehead atoms. The van der Waals surface area contributed by atoms with E-state index in [0.717, 1.165) is 34.3 Å². The van der Waals surface area contributed by atoms with Crippen LogP contribution in [0.2, 0.25) is 0 Å². The molecule has 0 aliphatic rings. The van der Waals surface area contributed by atoms with Gasteiger partial charge >= 0.3 is 0 Å². The summed E-state index contributed by atoms with van der Waals surface area (Å²) < 4.78 is 8.14. The maximum absolute atomic E-state index is 9.69. The molecule has 3 heteroatoms. The average molecular weight is 308 g/mol. The van der Waals surface area contributed by atoms with Crippen molar-refractivity contribution in [2.45, 2.75) is 33.6 Å². The van der Waals surface area contributed by atoms with Crippen LogP contribution in [0, 0.1) is 5.92 Å². The third-order valence-electron chi connectivity index (χ3n) is 3.85. The molecule has 0 aliphatic heterocycles. The zero-order valence-electron chi connectivity index (χ0n) is 13.6. The lowest BCUT2D eigenvalue weighted by atomic mass is 10.1. The molecule has 119 valence electrons. The zero-order valence-corrected chi connectivity index (χ0v) is 13.6. The average Bonchev–Trinajstić information content (AvgIpc) is 2.94. The van der Waals surface area contributed by atoms with Crippen LogP contribution in [-0.2, 0) is 19.8 Å². The Labute approximate surface area is 137 Å². The molecule has 0 fully saturated rings. The third-order valence-corrected chi connectivity index (χ3v) is 3.85. The predicted octanol–water partition coefficient (Wildman–Crippen LogP) is 4.33. The number of hydrogen-bond acceptors (Lipinski definition) is 2. The van der Waals surface area contributed by atoms with Crippen molar-refractivity contribution in [1.29, 1.82) is 0 Å². The van der Waals surface area contributed by atoms with Crippen molar-refractivity contribution in [3.8, 4) is 5.75 Å². The number of rotatable bonds is 6. The van der Waals surface area contributed by atoms with Gasteiger partial charge in [0.2, 0.25) is 0 Å². The van der Waals surface area contributed by atoms with Gasteiger partial charge in [-0.3, -0.25) is 0 Å². The van der Waals surface area contributed by atoms with Gasteiger partial charge in [0.15, 0.2) is 0 Å². The van der Waals surface area contributed by atoms with Crippen LogP contribution in [0.25, 0.3) is 10.9 Å². The highest BCUT2D eigenvalue weighted by Crippen LogP contribution is 2.28. The summed E-state index contributed by atoms with van der Waals surface area (Å²) in [7, 11) is 0. The van der Waals surface area contributed by atoms with Crippen molar-refractivity contribution in [1.82, 2.24) is 4.57 Å². The largest absolute Gasteiger partial charge is 0.489 e. The molecule has 1 radical (unpaired) electrons. The van der Waals surface area contributed by atoms with Gasteiger partial charge in [0, 0.05) is 29.2 Å². The molecule has 3 rings (SSSR count). The predicted molar refractivity (Wildman–Crippen MR) is 93.2 cm³/mol. The molecule has 23 heavy (non-hydrogen) atoms. The van der Waals surface area contributed by atoms with Crippen LogP contribution in [0.1, 0.15) is 25.0 Å². The molecule has 1 aromatic heterocycles. The summed E-state index contributed by atoms with van der Waals surface area (Å²) >= 11 is 0. The molecule has 3 aromatic rings. The standard InChI is InChI=1S/C20H22NO2/c1-15(2)12-21-9-8-17-11-20(18(13-22)10-19(17)21)23-14-16-6-4-3-5-7-16/h3-11,22H,12-14H2,1-2H3. The summed E-state index contributed by atoms with van der Waals surface area (Å²) in [5.74, 6) is 2.09. The number of aliphatic hydroxyl groups is 1. The number of hydrogen-bond donors (Lipinski definition) is 1. The van der Waals surface area contributed by atoms with Crippen LogP contribution in [0.4, 0.5) is 0 Å². The van der Waals surface area contributed by atoms with Gasteiger partial charge in [0.05, 0.1) is 6.61 Å². The Morgan fingerprint density at radius 2 is 1.87 bits per heavy atom. The highest BCUT2D eigenvalue weighted by molar-refractivity contribution is 5.83. The van der Waals surface area contributed by atoms with E-state index in [1.165, 1.54) is 5.92 Å². The summed E-state index contributed by atoms with van der Waals surface area (Å²) in [6.07, 6.45) is 2.08. The first-order valence-electron chi connectivity index (χ1n) is 7.86. The van der Waals surface area contributed by atoms with E-state index >= 15 is 0 Å². The van der Waals surface area contributed by atoms with Gasteiger partial charge in [-0.15, -0.1) is 0 Å². The fourth-order valence-corrected chi connectivity index (χ4v) is 2.73. The fraction of sp³-hybridized carbons (Fsp3) is 0.250. The van der Waals surface area contributed by atoms with Crippen LogP contribution in [0.3, 0.4) is 0 Å². The summed E-state index contributed by atoms with van der Waals surface area (Å²) in [6.45, 7) is 5.60. The molecule has 1 N–H and O–H groups in total. The number of benzene rings is 2. The minimum Gasteiger partial charge on any atom is -0.489 e. The molecule has 0 unspecified atom stereocenters. The van der Waals surface area contributed by atoms with E-state index < -0.39 is 0 Å². The Balaban J connectivity index is 1.88. The molecule has 1 heterocycles. The number of aliphatic hydroxyl groups excluding tert-OH is 1. The second-order valence-electron chi connectivity index (χ2n) is 6.10. The monoisotopic (exact) mass is 308 g/mol. The summed E-state index contributed by atoms with van der Waals surface area (Å²) in [5.41, 5.74) is 3.06. The van der Waals surface area contributed by atoms with Crippen molar-refractivity contribution in [3.05, 3.63) is 71.8 Å². The molecule has 0 aliphatic carbocycles. The Morgan fingerprint density at radius 1 is 1.09 bits per heavy atom. The SMILES string of the molecule is C[C](C)Cn1ccc2cc(OCc3ccccc3)c(CO)cc21. The van der Waals surface area contributed by atoms with Gasteiger partial charge in [0.1, 0.15) is 12.4 Å². The smallest absolute Gasteiger partial charge is 0.126 e. The van der Waals surface area contributed by atoms with E-state index in [1.54, 1.807) is 0 Å². The van der Waals surface area contributed by atoms with Crippen LogP contribution >= 0.6 is 0 Å². The maximum Gasteiger partial charge on any atom is 0.126 e. The van der Waals surface area contributed by atoms with E-state index in [0.29, 0.717) is 6.61 Å². The third kappa shape index (κ3) is 3.57. The van der Waals surface area contributed by atoms with Crippen molar-refractivity contribution in [2.75, 3.05) is 0 Å². The normalized spacial score (nSPS) is 11.3. The highest BCUT2D eigenvalue weighted by Gasteiger charge is 2.10. The first kappa shape index (κ1) is 15.6. The molecular weight excluding hydrogens is 286 g/mol. The second kappa shape index (κ2) is 6.88. The van der Waals surface area contributed by atoms with Gasteiger partial charge in [-0.25, -0.2) is 0 Å². The zero-order chi connectivity index (χ0) is 16.2. The fourth-order valence-electron chi connectivity index (χ4n) is 2.73. The van der Waals surface area contributed by atoms with E-state index in [1.807, 2.05) is 42.5 Å². The topological polar surface area (TPSA) is 34.4 Å². The van der Waals surface area contributed by atoms with Gasteiger partial charge < -0.3 is 14.4 Å². The van der Waals surface area contributed by atoms with Crippen LogP contribution in [-0.4, -0.2) is 9.67 Å². The minimum absolute atomic E-state index is 0.0277. The number of nitrogens with zero attached hydrogens (tertiary/aromatic N) is 1. The molecular formula is C20H22NO2. The van der Waals surface area contributed by atoms with Crippen LogP contribution < -0.4 is 4.74 Å². The lowest BCUT2D eigenvalue weighted by molar-refractivity contribution is 0.259. The van der Waals surface area contributed by atoms with Gasteiger partial charge in [0.25, 0.3) is 0 Å². The second-order valence-corrected chi connectivity index (χ2v) is 6.10. The first-order chi connectivity index (χ1) is 11.2. The lowest BCUT2D eigenvalue weighted by Gasteiger charge is -2.13. The van der Waals surface area contributed by atoms with Gasteiger partial charge in [-0.05, 0) is 29.7 Å². The van der Waals surface area contributed by atoms with Crippen molar-refractivity contribution >= 4 is 10.9 Å². The molecule has 0 saturated carbocycles. The number of fused-ring (bicyclic) bond motifs is 1. The van der Waals surface area contributed by atoms with Crippen LogP contribution in [0.15, 0.2) is 54.7 Å². The number of ether oxygens (including phenoxy) is 1. The van der Waals surface area contributed by atoms with E-state index in [4.69, 9.17) is 4.74 Å². The van der Waals surface area contributed by atoms with E-state index in [9.17, 15) is 5.11 Å². The minimum atomic E-state index is -0.0277. The summed E-state index contributed by atoms with van der Waals surface area (Å²) in [6, 6.07) is 16.2. The van der Waals surface area contributed by atoms with Gasteiger partial charge in [-0.2, -0.15) is 0 Å². The Morgan fingerprint density at radius 3 is 2.57 bits per heavy atom. The van der Waals surface area contributed by atoms with Crippen LogP contribution in [0.5, 0.6) is 5.75 Å². The van der Waals surface area contributed by atoms with Gasteiger partial charge in [-0.1, -0.05) is 44.2 Å². The quantitative estimate of drug-likeness (QED) is 0.735. The number of aromatic nitrogens is 1. The molecule has 0 atom stereocenters. The molecule has 0 saturated heterocycles. The first-order valence-corrected chi connectivity index (χ1v) is 7.86. The molecule has 2 aromatic carbocycles. The highest BCUT2D eigenvalue weighted by atomic mass is 16.5. The Kier molecular flexibility index (Phi) is 4.68. The summed E-state index contributed by atoms with van der Waals surface area (Å²) in [5, 5.41) is 10.8. The molecule has 0 amide bonds. The van der Waals surface area contributed by atoms with Crippen molar-refractivity contribution < 1.29 is 9.84 Å². The van der Waals surface area contributed by atoms with Crippen molar-refractivity contribution in [3.63, 3.8) is 0 Å². The molecule has 3 nitrogen and oxygen atoms in total. The summed E-state index contributed by atoms with van der Waals surface area (Å²) in [4.78, 5) is 0. The van der Waals surface area contributed by atoms with E-state index in [2.05, 4.69) is 30.7 Å². The lowest BCUT2D eigenvalue weighted by Crippen LogP contribution is -2.02. The van der Waals surface area contributed by atoms with Crippen molar-refractivity contribution in [2.24, 2.45) is 0 Å².